The fourth-order valence-corrected chi connectivity index (χ4v) is 4.53. The van der Waals surface area contributed by atoms with Crippen molar-refractivity contribution in [1.29, 1.82) is 0 Å². The Morgan fingerprint density at radius 1 is 1.09 bits per heavy atom. The minimum Gasteiger partial charge on any atom is -0.476 e. The van der Waals surface area contributed by atoms with Crippen molar-refractivity contribution in [3.63, 3.8) is 0 Å². The molecule has 0 saturated carbocycles. The largest absolute Gasteiger partial charge is 0.476 e. The van der Waals surface area contributed by atoms with E-state index in [0.29, 0.717) is 11.4 Å². The van der Waals surface area contributed by atoms with Gasteiger partial charge in [0.2, 0.25) is 0 Å². The van der Waals surface area contributed by atoms with E-state index in [1.807, 2.05) is 54.6 Å². The summed E-state index contributed by atoms with van der Waals surface area (Å²) in [5, 5.41) is 13.9. The lowest BCUT2D eigenvalue weighted by atomic mass is 10.1. The highest BCUT2D eigenvalue weighted by Crippen LogP contribution is 2.42. The van der Waals surface area contributed by atoms with Gasteiger partial charge in [0.1, 0.15) is 11.4 Å². The molecule has 23 heavy (non-hydrogen) atoms. The third-order valence-electron chi connectivity index (χ3n) is 3.72. The molecule has 1 aliphatic heterocycles. The summed E-state index contributed by atoms with van der Waals surface area (Å²) >= 11 is 0. The highest BCUT2D eigenvalue weighted by molar-refractivity contribution is 7.87. The molecular weight excluding hydrogens is 310 g/mol. The zero-order valence-electron chi connectivity index (χ0n) is 12.3. The molecule has 0 spiro atoms. The molecule has 0 saturated heterocycles. The monoisotopic (exact) mass is 323 g/mol. The minimum absolute atomic E-state index is 0.128. The first-order valence-electron chi connectivity index (χ1n) is 7.07. The van der Waals surface area contributed by atoms with E-state index in [1.165, 1.54) is 4.68 Å². The van der Waals surface area contributed by atoms with Crippen molar-refractivity contribution in [3.8, 4) is 11.3 Å². The van der Waals surface area contributed by atoms with E-state index >= 15 is 0 Å². The summed E-state index contributed by atoms with van der Waals surface area (Å²) in [5.74, 6) is -1.01. The lowest BCUT2D eigenvalue weighted by molar-refractivity contribution is 0.0686. The Hall–Kier alpha value is -2.73. The zero-order chi connectivity index (χ0) is 16.0. The molecule has 0 radical (unpaired) electrons. The fourth-order valence-electron chi connectivity index (χ4n) is 2.72. The zero-order valence-corrected chi connectivity index (χ0v) is 13.1. The molecule has 2 aromatic carbocycles. The Morgan fingerprint density at radius 3 is 2.52 bits per heavy atom. The molecule has 1 unspecified atom stereocenters. The summed E-state index contributed by atoms with van der Waals surface area (Å²) in [5.41, 5.74) is 2.18. The van der Waals surface area contributed by atoms with Crippen molar-refractivity contribution in [1.82, 2.24) is 9.78 Å². The average Bonchev–Trinajstić information content (AvgIpc) is 2.91. The van der Waals surface area contributed by atoms with Crippen LogP contribution in [0.4, 0.5) is 5.69 Å². The number of carbonyl (C=O) groups is 1. The molecule has 0 fully saturated rings. The van der Waals surface area contributed by atoms with Crippen LogP contribution in [0.15, 0.2) is 68.8 Å². The van der Waals surface area contributed by atoms with Gasteiger partial charge in [-0.1, -0.05) is 36.4 Å². The first kappa shape index (κ1) is 13.9. The number of fused-ring (bicyclic) bond motifs is 3. The van der Waals surface area contributed by atoms with Gasteiger partial charge < -0.3 is 5.11 Å². The van der Waals surface area contributed by atoms with E-state index in [2.05, 4.69) is 5.10 Å². The van der Waals surface area contributed by atoms with Crippen LogP contribution >= 0.6 is 0 Å². The molecule has 1 N–H and O–H groups in total. The Morgan fingerprint density at radius 2 is 1.78 bits per heavy atom. The van der Waals surface area contributed by atoms with Crippen molar-refractivity contribution in [2.45, 2.75) is 9.79 Å². The van der Waals surface area contributed by atoms with Crippen molar-refractivity contribution >= 4 is 22.3 Å². The second-order valence-corrected chi connectivity index (χ2v) is 6.82. The van der Waals surface area contributed by atoms with Gasteiger partial charge in [0.25, 0.3) is 0 Å². The first-order chi connectivity index (χ1) is 11.2. The molecule has 0 aliphatic carbocycles. The lowest BCUT2D eigenvalue weighted by Gasteiger charge is -2.17. The molecule has 1 atom stereocenters. The molecule has 6 heteroatoms. The molecule has 1 aromatic heterocycles. The summed E-state index contributed by atoms with van der Waals surface area (Å²) in [6.45, 7) is 0. The normalized spacial score (nSPS) is 15.4. The number of hydrogen-bond donors (Lipinski definition) is 1. The van der Waals surface area contributed by atoms with Crippen LogP contribution in [-0.2, 0) is 17.7 Å². The quantitative estimate of drug-likeness (QED) is 0.612. The van der Waals surface area contributed by atoms with Crippen LogP contribution in [0.1, 0.15) is 10.5 Å². The number of aryl methyl sites for hydroxylation is 1. The Kier molecular flexibility index (Phi) is 3.12. The SMILES string of the molecule is Cn1nc2c(c1C(=O)O)N=S(c1ccccc1)c1ccccc1-2. The van der Waals surface area contributed by atoms with Gasteiger partial charge in [0, 0.05) is 22.4 Å². The predicted molar refractivity (Wildman–Crippen MR) is 88.0 cm³/mol. The number of rotatable bonds is 2. The van der Waals surface area contributed by atoms with Gasteiger partial charge in [-0.2, -0.15) is 5.10 Å². The first-order valence-corrected chi connectivity index (χ1v) is 8.26. The van der Waals surface area contributed by atoms with Gasteiger partial charge in [0.05, 0.1) is 0 Å². The minimum atomic E-state index is -1.01. The number of carboxylic acid groups (broad SMARTS) is 1. The molecule has 0 bridgehead atoms. The fraction of sp³-hybridized carbons (Fsp3) is 0.0588. The van der Waals surface area contributed by atoms with E-state index in [1.54, 1.807) is 7.05 Å². The molecule has 2 heterocycles. The summed E-state index contributed by atoms with van der Waals surface area (Å²) < 4.78 is 6.16. The maximum atomic E-state index is 11.6. The van der Waals surface area contributed by atoms with E-state index in [4.69, 9.17) is 4.36 Å². The third-order valence-corrected chi connectivity index (χ3v) is 5.58. The van der Waals surface area contributed by atoms with Gasteiger partial charge >= 0.3 is 5.97 Å². The van der Waals surface area contributed by atoms with Crippen molar-refractivity contribution in [2.24, 2.45) is 11.4 Å². The maximum Gasteiger partial charge on any atom is 0.356 e. The van der Waals surface area contributed by atoms with Crippen LogP contribution in [0.2, 0.25) is 0 Å². The smallest absolute Gasteiger partial charge is 0.356 e. The molecular formula is C17H13N3O2S. The third kappa shape index (κ3) is 2.10. The number of aromatic nitrogens is 2. The molecule has 0 amide bonds. The lowest BCUT2D eigenvalue weighted by Crippen LogP contribution is -2.05. The molecule has 3 aromatic rings. The van der Waals surface area contributed by atoms with Crippen LogP contribution in [0.25, 0.3) is 11.3 Å². The number of nitrogens with zero attached hydrogens (tertiary/aromatic N) is 3. The van der Waals surface area contributed by atoms with Gasteiger partial charge in [-0.3, -0.25) is 4.68 Å². The number of carboxylic acids is 1. The van der Waals surface area contributed by atoms with Crippen LogP contribution in [0, 0.1) is 0 Å². The van der Waals surface area contributed by atoms with Crippen LogP contribution < -0.4 is 0 Å². The summed E-state index contributed by atoms with van der Waals surface area (Å²) in [7, 11) is 1.09. The molecule has 4 rings (SSSR count). The molecule has 1 aliphatic rings. The molecule has 5 nitrogen and oxygen atoms in total. The Balaban J connectivity index is 2.07. The summed E-state index contributed by atoms with van der Waals surface area (Å²) in [4.78, 5) is 13.7. The van der Waals surface area contributed by atoms with Gasteiger partial charge in [-0.25, -0.2) is 9.16 Å². The van der Waals surface area contributed by atoms with Crippen molar-refractivity contribution in [2.75, 3.05) is 0 Å². The van der Waals surface area contributed by atoms with Crippen LogP contribution in [0.5, 0.6) is 0 Å². The average molecular weight is 323 g/mol. The van der Waals surface area contributed by atoms with Gasteiger partial charge in [0.15, 0.2) is 5.69 Å². The highest BCUT2D eigenvalue weighted by Gasteiger charge is 2.28. The number of aromatic carboxylic acids is 1. The standard InChI is InChI=1S/C17H13N3O2S/c1-20-16(17(21)22)15-14(18-20)12-9-5-6-10-13(12)23(19-15)11-7-3-2-4-8-11/h2-10H,1H3,(H,21,22). The van der Waals surface area contributed by atoms with E-state index in [-0.39, 0.29) is 5.69 Å². The Labute approximate surface area is 135 Å². The Bertz CT molecular complexity index is 961. The van der Waals surface area contributed by atoms with Crippen molar-refractivity contribution in [3.05, 3.63) is 60.3 Å². The van der Waals surface area contributed by atoms with Gasteiger partial charge in [-0.05, 0) is 28.9 Å². The second-order valence-electron chi connectivity index (χ2n) is 5.16. The highest BCUT2D eigenvalue weighted by atomic mass is 32.2. The van der Waals surface area contributed by atoms with Crippen LogP contribution in [-0.4, -0.2) is 20.9 Å². The topological polar surface area (TPSA) is 67.5 Å². The molecule has 114 valence electrons. The number of benzene rings is 2. The second kappa shape index (κ2) is 5.17. The number of hydrogen-bond acceptors (Lipinski definition) is 3. The van der Waals surface area contributed by atoms with Gasteiger partial charge in [-0.15, -0.1) is 0 Å². The van der Waals surface area contributed by atoms with Crippen molar-refractivity contribution < 1.29 is 9.90 Å². The maximum absolute atomic E-state index is 11.6. The van der Waals surface area contributed by atoms with E-state index in [9.17, 15) is 9.90 Å². The van der Waals surface area contributed by atoms with Crippen LogP contribution in [0.3, 0.4) is 0 Å². The summed E-state index contributed by atoms with van der Waals surface area (Å²) in [6.07, 6.45) is 0. The summed E-state index contributed by atoms with van der Waals surface area (Å²) in [6, 6.07) is 17.9. The van der Waals surface area contributed by atoms with E-state index < -0.39 is 16.7 Å². The van der Waals surface area contributed by atoms with E-state index in [0.717, 1.165) is 15.4 Å². The predicted octanol–water partition coefficient (Wildman–Crippen LogP) is 3.65.